The molecule has 0 saturated heterocycles. The van der Waals surface area contributed by atoms with Gasteiger partial charge in [-0.3, -0.25) is 4.79 Å². The molecule has 2 atom stereocenters. The van der Waals surface area contributed by atoms with Gasteiger partial charge in [0, 0.05) is 10.5 Å². The van der Waals surface area contributed by atoms with Crippen LogP contribution in [0.3, 0.4) is 0 Å². The molecule has 1 aliphatic rings. The standard InChI is InChI=1S/C14H19BrN2O2/c15-10-5-1-3-7-12(10)17-14(18)9-19-13-8-4-2-6-11(13)16/h1,3,5,7,11,13H,2,4,6,8-9,16H2,(H,17,18). The zero-order valence-corrected chi connectivity index (χ0v) is 12.4. The van der Waals surface area contributed by atoms with Crippen LogP contribution in [0.2, 0.25) is 0 Å². The lowest BCUT2D eigenvalue weighted by Crippen LogP contribution is -2.40. The average molecular weight is 327 g/mol. The Balaban J connectivity index is 1.80. The van der Waals surface area contributed by atoms with Gasteiger partial charge in [-0.2, -0.15) is 0 Å². The first-order valence-electron chi connectivity index (χ1n) is 6.58. The van der Waals surface area contributed by atoms with Gasteiger partial charge < -0.3 is 15.8 Å². The van der Waals surface area contributed by atoms with Crippen molar-refractivity contribution in [2.75, 3.05) is 11.9 Å². The maximum atomic E-state index is 11.8. The molecule has 19 heavy (non-hydrogen) atoms. The number of ether oxygens (including phenoxy) is 1. The monoisotopic (exact) mass is 326 g/mol. The molecule has 0 heterocycles. The first-order valence-corrected chi connectivity index (χ1v) is 7.37. The fourth-order valence-electron chi connectivity index (χ4n) is 2.26. The summed E-state index contributed by atoms with van der Waals surface area (Å²) in [5.74, 6) is -0.148. The van der Waals surface area contributed by atoms with Crippen LogP contribution in [0.1, 0.15) is 25.7 Å². The molecule has 1 fully saturated rings. The molecule has 1 saturated carbocycles. The quantitative estimate of drug-likeness (QED) is 0.894. The third-order valence-corrected chi connectivity index (χ3v) is 4.02. The number of nitrogens with one attached hydrogen (secondary N) is 1. The van der Waals surface area contributed by atoms with Gasteiger partial charge in [-0.25, -0.2) is 0 Å². The van der Waals surface area contributed by atoms with Crippen LogP contribution in [0, 0.1) is 0 Å². The molecule has 1 aromatic rings. The van der Waals surface area contributed by atoms with Crippen LogP contribution in [0.25, 0.3) is 0 Å². The Morgan fingerprint density at radius 3 is 2.84 bits per heavy atom. The molecule has 2 rings (SSSR count). The van der Waals surface area contributed by atoms with Crippen molar-refractivity contribution in [3.63, 3.8) is 0 Å². The van der Waals surface area contributed by atoms with Crippen molar-refractivity contribution in [3.8, 4) is 0 Å². The van der Waals surface area contributed by atoms with Crippen LogP contribution < -0.4 is 11.1 Å². The van der Waals surface area contributed by atoms with E-state index >= 15 is 0 Å². The minimum atomic E-state index is -0.148. The maximum absolute atomic E-state index is 11.8. The first kappa shape index (κ1) is 14.5. The number of benzene rings is 1. The summed E-state index contributed by atoms with van der Waals surface area (Å²) in [7, 11) is 0. The Kier molecular flexibility index (Phi) is 5.36. The summed E-state index contributed by atoms with van der Waals surface area (Å²) in [4.78, 5) is 11.8. The molecule has 0 bridgehead atoms. The summed E-state index contributed by atoms with van der Waals surface area (Å²) in [6.45, 7) is 0.0553. The summed E-state index contributed by atoms with van der Waals surface area (Å²) in [5.41, 5.74) is 6.73. The smallest absolute Gasteiger partial charge is 0.250 e. The lowest BCUT2D eigenvalue weighted by molar-refractivity contribution is -0.123. The van der Waals surface area contributed by atoms with E-state index in [0.717, 1.165) is 35.8 Å². The second kappa shape index (κ2) is 7.03. The zero-order chi connectivity index (χ0) is 13.7. The average Bonchev–Trinajstić information content (AvgIpc) is 2.40. The molecule has 1 aliphatic carbocycles. The fraction of sp³-hybridized carbons (Fsp3) is 0.500. The highest BCUT2D eigenvalue weighted by molar-refractivity contribution is 9.10. The third-order valence-electron chi connectivity index (χ3n) is 3.33. The molecule has 2 unspecified atom stereocenters. The number of halogens is 1. The normalized spacial score (nSPS) is 23.1. The van der Waals surface area contributed by atoms with E-state index in [9.17, 15) is 4.79 Å². The molecule has 5 heteroatoms. The Morgan fingerprint density at radius 2 is 2.11 bits per heavy atom. The van der Waals surface area contributed by atoms with Crippen LogP contribution >= 0.6 is 15.9 Å². The number of rotatable bonds is 4. The van der Waals surface area contributed by atoms with Crippen LogP contribution in [0.5, 0.6) is 0 Å². The van der Waals surface area contributed by atoms with Gasteiger partial charge in [0.1, 0.15) is 6.61 Å². The van der Waals surface area contributed by atoms with Gasteiger partial charge in [-0.1, -0.05) is 25.0 Å². The van der Waals surface area contributed by atoms with Gasteiger partial charge in [0.15, 0.2) is 0 Å². The Hall–Kier alpha value is -0.910. The summed E-state index contributed by atoms with van der Waals surface area (Å²) in [6.07, 6.45) is 4.23. The van der Waals surface area contributed by atoms with E-state index in [4.69, 9.17) is 10.5 Å². The lowest BCUT2D eigenvalue weighted by atomic mass is 9.93. The Labute approximate surface area is 121 Å². The van der Waals surface area contributed by atoms with Crippen molar-refractivity contribution in [3.05, 3.63) is 28.7 Å². The van der Waals surface area contributed by atoms with E-state index in [1.54, 1.807) is 0 Å². The van der Waals surface area contributed by atoms with E-state index < -0.39 is 0 Å². The van der Waals surface area contributed by atoms with Crippen LogP contribution in [0.15, 0.2) is 28.7 Å². The minimum absolute atomic E-state index is 0.0127. The van der Waals surface area contributed by atoms with Crippen molar-refractivity contribution in [2.24, 2.45) is 5.73 Å². The predicted molar refractivity (Wildman–Crippen MR) is 79.0 cm³/mol. The van der Waals surface area contributed by atoms with Crippen molar-refractivity contribution < 1.29 is 9.53 Å². The SMILES string of the molecule is NC1CCCCC1OCC(=O)Nc1ccccc1Br. The van der Waals surface area contributed by atoms with Gasteiger partial charge in [0.2, 0.25) is 5.91 Å². The highest BCUT2D eigenvalue weighted by atomic mass is 79.9. The van der Waals surface area contributed by atoms with Gasteiger partial charge in [-0.15, -0.1) is 0 Å². The largest absolute Gasteiger partial charge is 0.367 e. The molecular weight excluding hydrogens is 308 g/mol. The summed E-state index contributed by atoms with van der Waals surface area (Å²) in [5, 5.41) is 2.81. The van der Waals surface area contributed by atoms with Gasteiger partial charge >= 0.3 is 0 Å². The number of carbonyl (C=O) groups excluding carboxylic acids is 1. The number of nitrogens with two attached hydrogens (primary N) is 1. The molecule has 104 valence electrons. The third kappa shape index (κ3) is 4.30. The van der Waals surface area contributed by atoms with Crippen LogP contribution in [-0.2, 0) is 9.53 Å². The topological polar surface area (TPSA) is 64.3 Å². The number of para-hydroxylation sites is 1. The number of anilines is 1. The molecule has 3 N–H and O–H groups in total. The second-order valence-electron chi connectivity index (χ2n) is 4.83. The first-order chi connectivity index (χ1) is 9.16. The van der Waals surface area contributed by atoms with E-state index in [1.165, 1.54) is 0 Å². The van der Waals surface area contributed by atoms with Crippen molar-refractivity contribution in [1.82, 2.24) is 0 Å². The lowest BCUT2D eigenvalue weighted by Gasteiger charge is -2.28. The molecule has 4 nitrogen and oxygen atoms in total. The van der Waals surface area contributed by atoms with Crippen molar-refractivity contribution in [1.29, 1.82) is 0 Å². The minimum Gasteiger partial charge on any atom is -0.367 e. The molecule has 0 aliphatic heterocycles. The predicted octanol–water partition coefficient (Wildman–Crippen LogP) is 2.67. The van der Waals surface area contributed by atoms with E-state index in [0.29, 0.717) is 0 Å². The Morgan fingerprint density at radius 1 is 1.37 bits per heavy atom. The second-order valence-corrected chi connectivity index (χ2v) is 5.68. The van der Waals surface area contributed by atoms with E-state index in [1.807, 2.05) is 24.3 Å². The van der Waals surface area contributed by atoms with Gasteiger partial charge in [-0.05, 0) is 40.9 Å². The number of carbonyl (C=O) groups is 1. The maximum Gasteiger partial charge on any atom is 0.250 e. The van der Waals surface area contributed by atoms with E-state index in [2.05, 4.69) is 21.2 Å². The van der Waals surface area contributed by atoms with Gasteiger partial charge in [0.05, 0.1) is 11.8 Å². The number of hydrogen-bond acceptors (Lipinski definition) is 3. The molecule has 0 spiro atoms. The van der Waals surface area contributed by atoms with E-state index in [-0.39, 0.29) is 24.7 Å². The number of hydrogen-bond donors (Lipinski definition) is 2. The molecule has 0 aromatic heterocycles. The summed E-state index contributed by atoms with van der Waals surface area (Å²) >= 11 is 3.39. The highest BCUT2D eigenvalue weighted by Crippen LogP contribution is 2.22. The highest BCUT2D eigenvalue weighted by Gasteiger charge is 2.23. The van der Waals surface area contributed by atoms with Crippen molar-refractivity contribution in [2.45, 2.75) is 37.8 Å². The van der Waals surface area contributed by atoms with Crippen molar-refractivity contribution >= 4 is 27.5 Å². The van der Waals surface area contributed by atoms with Gasteiger partial charge in [0.25, 0.3) is 0 Å². The molecular formula is C14H19BrN2O2. The summed E-state index contributed by atoms with van der Waals surface area (Å²) in [6, 6.07) is 7.56. The fourth-order valence-corrected chi connectivity index (χ4v) is 2.65. The molecule has 1 amide bonds. The molecule has 0 radical (unpaired) electrons. The molecule has 1 aromatic carbocycles. The number of amides is 1. The van der Waals surface area contributed by atoms with Crippen LogP contribution in [-0.4, -0.2) is 24.7 Å². The summed E-state index contributed by atoms with van der Waals surface area (Å²) < 4.78 is 6.48. The Bertz CT molecular complexity index is 439. The van der Waals surface area contributed by atoms with Crippen LogP contribution in [0.4, 0.5) is 5.69 Å². The zero-order valence-electron chi connectivity index (χ0n) is 10.8.